The summed E-state index contributed by atoms with van der Waals surface area (Å²) < 4.78 is 40.4. The molecule has 29 heavy (non-hydrogen) atoms. The van der Waals surface area contributed by atoms with Crippen LogP contribution in [0.3, 0.4) is 0 Å². The van der Waals surface area contributed by atoms with E-state index in [1.54, 1.807) is 12.1 Å². The molecule has 0 unspecified atom stereocenters. The Hall–Kier alpha value is -3.53. The second-order valence-electron chi connectivity index (χ2n) is 6.62. The quantitative estimate of drug-likeness (QED) is 0.589. The molecule has 0 N–H and O–H groups in total. The van der Waals surface area contributed by atoms with E-state index in [4.69, 9.17) is 0 Å². The Bertz CT molecular complexity index is 1240. The zero-order chi connectivity index (χ0) is 21.3. The van der Waals surface area contributed by atoms with Crippen molar-refractivity contribution in [2.75, 3.05) is 0 Å². The highest BCUT2D eigenvalue weighted by molar-refractivity contribution is 5.69. The average Bonchev–Trinajstić information content (AvgIpc) is 2.68. The Morgan fingerprint density at radius 1 is 0.828 bits per heavy atom. The number of rotatable bonds is 1. The molecule has 0 atom stereocenters. The number of alkyl halides is 3. The number of halogens is 3. The Balaban J connectivity index is 2.18. The van der Waals surface area contributed by atoms with Crippen LogP contribution in [-0.4, -0.2) is 9.13 Å². The van der Waals surface area contributed by atoms with Crippen LogP contribution in [-0.2, 0) is 20.3 Å². The second-order valence-corrected chi connectivity index (χ2v) is 6.62. The molecule has 0 aliphatic carbocycles. The minimum Gasteiger partial charge on any atom is -0.289 e. The van der Waals surface area contributed by atoms with Crippen molar-refractivity contribution >= 4 is 0 Å². The zero-order valence-electron chi connectivity index (χ0n) is 16.0. The van der Waals surface area contributed by atoms with E-state index in [1.165, 1.54) is 30.8 Å². The van der Waals surface area contributed by atoms with Gasteiger partial charge in [0.15, 0.2) is 0 Å². The zero-order valence-corrected chi connectivity index (χ0v) is 16.0. The van der Waals surface area contributed by atoms with Crippen molar-refractivity contribution in [3.8, 4) is 23.0 Å². The summed E-state index contributed by atoms with van der Waals surface area (Å²) in [5, 5.41) is 0. The smallest absolute Gasteiger partial charge is 0.289 e. The first-order chi connectivity index (χ1) is 13.6. The fourth-order valence-corrected chi connectivity index (χ4v) is 2.84. The van der Waals surface area contributed by atoms with Gasteiger partial charge in [-0.15, -0.1) is 0 Å². The number of aryl methyl sites for hydroxylation is 1. The van der Waals surface area contributed by atoms with E-state index >= 15 is 0 Å². The van der Waals surface area contributed by atoms with Gasteiger partial charge >= 0.3 is 11.9 Å². The maximum Gasteiger partial charge on any atom is 0.416 e. The van der Waals surface area contributed by atoms with E-state index in [9.17, 15) is 22.8 Å². The third-order valence-corrected chi connectivity index (χ3v) is 4.54. The first-order valence-electron chi connectivity index (χ1n) is 8.66. The highest BCUT2D eigenvalue weighted by Crippen LogP contribution is 2.29. The Morgan fingerprint density at radius 2 is 1.41 bits per heavy atom. The van der Waals surface area contributed by atoms with Crippen molar-refractivity contribution < 1.29 is 13.2 Å². The third kappa shape index (κ3) is 4.02. The molecule has 0 amide bonds. The molecular formula is C22H17F3N2O2. The van der Waals surface area contributed by atoms with Crippen LogP contribution in [0.1, 0.15) is 22.4 Å². The number of aromatic nitrogens is 2. The standard InChI is InChI=1S/C22H17F3N2O2/c1-14-4-9-16(10-5-14)19-18(26(2)21(29)27(3)20(19)28)13-8-15-6-11-17(12-7-15)22(23,24)25/h4-7,9-12H,1-3H3. The lowest BCUT2D eigenvalue weighted by Crippen LogP contribution is -2.39. The molecule has 4 nitrogen and oxygen atoms in total. The second kappa shape index (κ2) is 7.47. The number of nitrogens with zero attached hydrogens (tertiary/aromatic N) is 2. The molecule has 0 fully saturated rings. The predicted molar refractivity (Wildman–Crippen MR) is 105 cm³/mol. The van der Waals surface area contributed by atoms with E-state index < -0.39 is 23.0 Å². The molecule has 0 radical (unpaired) electrons. The van der Waals surface area contributed by atoms with E-state index in [2.05, 4.69) is 11.8 Å². The van der Waals surface area contributed by atoms with Gasteiger partial charge in [-0.05, 0) is 42.7 Å². The maximum absolute atomic E-state index is 12.8. The minimum absolute atomic E-state index is 0.196. The van der Waals surface area contributed by atoms with Crippen LogP contribution in [0.25, 0.3) is 11.1 Å². The monoisotopic (exact) mass is 398 g/mol. The largest absolute Gasteiger partial charge is 0.416 e. The summed E-state index contributed by atoms with van der Waals surface area (Å²) in [6.07, 6.45) is -4.43. The van der Waals surface area contributed by atoms with Gasteiger partial charge in [-0.2, -0.15) is 13.2 Å². The van der Waals surface area contributed by atoms with Gasteiger partial charge in [0.2, 0.25) is 0 Å². The lowest BCUT2D eigenvalue weighted by molar-refractivity contribution is -0.137. The van der Waals surface area contributed by atoms with Gasteiger partial charge in [0.05, 0.1) is 11.1 Å². The third-order valence-electron chi connectivity index (χ3n) is 4.54. The van der Waals surface area contributed by atoms with Crippen LogP contribution >= 0.6 is 0 Å². The molecule has 148 valence electrons. The van der Waals surface area contributed by atoms with Crippen molar-refractivity contribution in [3.63, 3.8) is 0 Å². The van der Waals surface area contributed by atoms with E-state index in [-0.39, 0.29) is 11.3 Å². The van der Waals surface area contributed by atoms with Gasteiger partial charge < -0.3 is 0 Å². The molecule has 0 saturated heterocycles. The van der Waals surface area contributed by atoms with Crippen molar-refractivity contribution in [1.29, 1.82) is 0 Å². The minimum atomic E-state index is -4.43. The van der Waals surface area contributed by atoms with Crippen molar-refractivity contribution in [1.82, 2.24) is 9.13 Å². The summed E-state index contributed by atoms with van der Waals surface area (Å²) in [5.41, 5.74) is 0.591. The summed E-state index contributed by atoms with van der Waals surface area (Å²) in [6, 6.07) is 11.6. The van der Waals surface area contributed by atoms with Crippen LogP contribution in [0.5, 0.6) is 0 Å². The molecule has 0 saturated carbocycles. The van der Waals surface area contributed by atoms with Crippen molar-refractivity contribution in [3.05, 3.63) is 91.8 Å². The average molecular weight is 398 g/mol. The van der Waals surface area contributed by atoms with Gasteiger partial charge in [-0.1, -0.05) is 35.7 Å². The summed E-state index contributed by atoms with van der Waals surface area (Å²) in [4.78, 5) is 25.1. The number of benzene rings is 2. The molecule has 2 aromatic carbocycles. The fourth-order valence-electron chi connectivity index (χ4n) is 2.84. The van der Waals surface area contributed by atoms with Gasteiger partial charge in [0.1, 0.15) is 5.69 Å². The van der Waals surface area contributed by atoms with E-state index in [0.29, 0.717) is 11.1 Å². The molecular weight excluding hydrogens is 381 g/mol. The summed E-state index contributed by atoms with van der Waals surface area (Å²) in [5.74, 6) is 5.55. The molecule has 0 aliphatic rings. The Kier molecular flexibility index (Phi) is 5.21. The lowest BCUT2D eigenvalue weighted by Gasteiger charge is -2.11. The van der Waals surface area contributed by atoms with Gasteiger partial charge in [0.25, 0.3) is 5.56 Å². The van der Waals surface area contributed by atoms with Crippen molar-refractivity contribution in [2.45, 2.75) is 13.1 Å². The first-order valence-corrected chi connectivity index (χ1v) is 8.66. The topological polar surface area (TPSA) is 44.0 Å². The molecule has 7 heteroatoms. The summed E-state index contributed by atoms with van der Waals surface area (Å²) >= 11 is 0. The van der Waals surface area contributed by atoms with Crippen molar-refractivity contribution in [2.24, 2.45) is 14.1 Å². The predicted octanol–water partition coefficient (Wildman–Crippen LogP) is 3.48. The molecule has 1 heterocycles. The molecule has 3 aromatic rings. The van der Waals surface area contributed by atoms with Crippen LogP contribution in [0, 0.1) is 18.8 Å². The first kappa shape index (κ1) is 20.2. The molecule has 3 rings (SSSR count). The molecule has 1 aromatic heterocycles. The maximum atomic E-state index is 12.8. The summed E-state index contributed by atoms with van der Waals surface area (Å²) in [7, 11) is 2.88. The van der Waals surface area contributed by atoms with Crippen LogP contribution in [0.2, 0.25) is 0 Å². The van der Waals surface area contributed by atoms with Crippen LogP contribution in [0.15, 0.2) is 58.1 Å². The van der Waals surface area contributed by atoms with E-state index in [0.717, 1.165) is 22.3 Å². The number of hydrogen-bond donors (Lipinski definition) is 0. The van der Waals surface area contributed by atoms with E-state index in [1.807, 2.05) is 19.1 Å². The highest BCUT2D eigenvalue weighted by atomic mass is 19.4. The Morgan fingerprint density at radius 3 is 1.97 bits per heavy atom. The number of hydrogen-bond acceptors (Lipinski definition) is 2. The fraction of sp³-hybridized carbons (Fsp3) is 0.182. The lowest BCUT2D eigenvalue weighted by atomic mass is 10.0. The molecule has 0 bridgehead atoms. The normalized spacial score (nSPS) is 11.1. The van der Waals surface area contributed by atoms with Gasteiger partial charge in [0, 0.05) is 19.7 Å². The highest BCUT2D eigenvalue weighted by Gasteiger charge is 2.29. The molecule has 0 aliphatic heterocycles. The van der Waals surface area contributed by atoms with Gasteiger partial charge in [-0.3, -0.25) is 13.9 Å². The molecule has 0 spiro atoms. The SMILES string of the molecule is Cc1ccc(-c2c(C#Cc3ccc(C(F)(F)F)cc3)n(C)c(=O)n(C)c2=O)cc1. The summed E-state index contributed by atoms with van der Waals surface area (Å²) in [6.45, 7) is 1.91. The van der Waals surface area contributed by atoms with Crippen LogP contribution < -0.4 is 11.2 Å². The van der Waals surface area contributed by atoms with Crippen LogP contribution in [0.4, 0.5) is 13.2 Å². The Labute approximate surface area is 164 Å². The van der Waals surface area contributed by atoms with Gasteiger partial charge in [-0.25, -0.2) is 4.79 Å².